The van der Waals surface area contributed by atoms with Gasteiger partial charge in [-0.3, -0.25) is 0 Å². The van der Waals surface area contributed by atoms with Crippen molar-refractivity contribution in [3.8, 4) is 56.3 Å². The first-order valence-electron chi connectivity index (χ1n) is 14.7. The minimum atomic E-state index is 0.513. The van der Waals surface area contributed by atoms with Crippen LogP contribution in [0.5, 0.6) is 0 Å². The average molecular weight is 585 g/mol. The first kappa shape index (κ1) is 26.3. The van der Waals surface area contributed by atoms with Crippen LogP contribution in [0.4, 0.5) is 0 Å². The van der Waals surface area contributed by atoms with E-state index >= 15 is 0 Å². The van der Waals surface area contributed by atoms with Gasteiger partial charge in [-0.25, -0.2) is 0 Å². The Balaban J connectivity index is 1.26. The average Bonchev–Trinajstić information content (AvgIpc) is 3.71. The minimum Gasteiger partial charge on any atom is -0.416 e. The van der Waals surface area contributed by atoms with Gasteiger partial charge in [0.15, 0.2) is 0 Å². The highest BCUT2D eigenvalue weighted by molar-refractivity contribution is 7.26. The molecular formula is C40H28N2OS. The third-order valence-corrected chi connectivity index (χ3v) is 9.45. The van der Waals surface area contributed by atoms with Crippen molar-refractivity contribution in [1.82, 2.24) is 10.2 Å². The normalized spacial score (nSPS) is 11.4. The Morgan fingerprint density at radius 2 is 0.977 bits per heavy atom. The summed E-state index contributed by atoms with van der Waals surface area (Å²) >= 11 is 1.86. The van der Waals surface area contributed by atoms with Crippen molar-refractivity contribution in [2.75, 3.05) is 0 Å². The zero-order valence-electron chi connectivity index (χ0n) is 24.4. The van der Waals surface area contributed by atoms with E-state index < -0.39 is 0 Å². The van der Waals surface area contributed by atoms with Crippen LogP contribution < -0.4 is 0 Å². The zero-order valence-corrected chi connectivity index (χ0v) is 25.2. The van der Waals surface area contributed by atoms with Crippen molar-refractivity contribution < 1.29 is 4.42 Å². The summed E-state index contributed by atoms with van der Waals surface area (Å²) in [5, 5.41) is 11.2. The van der Waals surface area contributed by atoms with Crippen molar-refractivity contribution in [1.29, 1.82) is 0 Å². The molecule has 8 aromatic rings. The molecule has 2 aromatic heterocycles. The fourth-order valence-electron chi connectivity index (χ4n) is 5.76. The molecule has 3 nitrogen and oxygen atoms in total. The number of nitrogens with zero attached hydrogens (tertiary/aromatic N) is 2. The highest BCUT2D eigenvalue weighted by Gasteiger charge is 2.16. The number of rotatable bonds is 5. The van der Waals surface area contributed by atoms with E-state index in [0.717, 1.165) is 16.7 Å². The van der Waals surface area contributed by atoms with Crippen molar-refractivity contribution in [3.05, 3.63) is 145 Å². The van der Waals surface area contributed by atoms with Crippen LogP contribution in [0.25, 0.3) is 76.5 Å². The lowest BCUT2D eigenvalue weighted by Gasteiger charge is -2.10. The van der Waals surface area contributed by atoms with Gasteiger partial charge in [-0.05, 0) is 90.2 Å². The van der Waals surface area contributed by atoms with Gasteiger partial charge in [0.05, 0.1) is 0 Å². The van der Waals surface area contributed by atoms with Gasteiger partial charge in [0.2, 0.25) is 11.8 Å². The molecule has 0 fully saturated rings. The van der Waals surface area contributed by atoms with Crippen LogP contribution in [0.1, 0.15) is 11.1 Å². The van der Waals surface area contributed by atoms with Crippen molar-refractivity contribution in [2.45, 2.75) is 13.8 Å². The van der Waals surface area contributed by atoms with Crippen LogP contribution in [-0.2, 0) is 0 Å². The summed E-state index contributed by atoms with van der Waals surface area (Å²) in [5.41, 5.74) is 11.6. The molecule has 0 N–H and O–H groups in total. The summed E-state index contributed by atoms with van der Waals surface area (Å²) in [6.45, 7) is 4.26. The predicted octanol–water partition coefficient (Wildman–Crippen LogP) is 11.4. The third kappa shape index (κ3) is 4.80. The second-order valence-corrected chi connectivity index (χ2v) is 12.4. The molecule has 210 valence electrons. The van der Waals surface area contributed by atoms with Crippen LogP contribution >= 0.6 is 11.3 Å². The summed E-state index contributed by atoms with van der Waals surface area (Å²) in [6.07, 6.45) is 0. The Morgan fingerprint density at radius 3 is 1.64 bits per heavy atom. The molecule has 0 amide bonds. The van der Waals surface area contributed by atoms with E-state index in [1.165, 1.54) is 59.1 Å². The standard InChI is InChI=1S/C40H28N2OS/c1-25-8-12-27(13-9-25)32-20-21-37-35(22-32)36-24-33(28-14-10-26(2)11-15-28)23-34(38(36)44-37)29-16-18-31(19-17-29)40-42-41-39(43-40)30-6-4-3-5-7-30/h3-24H,1-2H3. The summed E-state index contributed by atoms with van der Waals surface area (Å²) in [7, 11) is 0. The zero-order chi connectivity index (χ0) is 29.6. The molecule has 0 unspecified atom stereocenters. The Bertz CT molecular complexity index is 2260. The van der Waals surface area contributed by atoms with Gasteiger partial charge >= 0.3 is 0 Å². The molecule has 0 aliphatic heterocycles. The molecular weight excluding hydrogens is 557 g/mol. The monoisotopic (exact) mass is 584 g/mol. The van der Waals surface area contributed by atoms with Gasteiger partial charge in [0, 0.05) is 36.9 Å². The number of benzene rings is 6. The minimum absolute atomic E-state index is 0.513. The quantitative estimate of drug-likeness (QED) is 0.202. The number of thiophene rings is 1. The maximum absolute atomic E-state index is 6.03. The van der Waals surface area contributed by atoms with Crippen LogP contribution in [0, 0.1) is 13.8 Å². The summed E-state index contributed by atoms with van der Waals surface area (Å²) in [5.74, 6) is 1.03. The van der Waals surface area contributed by atoms with Crippen molar-refractivity contribution >= 4 is 31.5 Å². The smallest absolute Gasteiger partial charge is 0.248 e. The van der Waals surface area contributed by atoms with Gasteiger partial charge in [0.25, 0.3) is 0 Å². The SMILES string of the molecule is Cc1ccc(-c2ccc3sc4c(-c5ccc(-c6nnc(-c7ccccc7)o6)cc5)cc(-c5ccc(C)cc5)cc4c3c2)cc1. The van der Waals surface area contributed by atoms with Crippen LogP contribution in [0.3, 0.4) is 0 Å². The largest absolute Gasteiger partial charge is 0.416 e. The molecule has 0 aliphatic rings. The predicted molar refractivity (Wildman–Crippen MR) is 184 cm³/mol. The van der Waals surface area contributed by atoms with E-state index in [9.17, 15) is 0 Å². The van der Waals surface area contributed by atoms with E-state index in [1.54, 1.807) is 0 Å². The second kappa shape index (κ2) is 10.7. The number of hydrogen-bond acceptors (Lipinski definition) is 4. The molecule has 0 radical (unpaired) electrons. The topological polar surface area (TPSA) is 38.9 Å². The molecule has 44 heavy (non-hydrogen) atoms. The maximum atomic E-state index is 6.03. The fraction of sp³-hybridized carbons (Fsp3) is 0.0500. The number of hydrogen-bond donors (Lipinski definition) is 0. The Hall–Kier alpha value is -5.32. The van der Waals surface area contributed by atoms with Crippen LogP contribution in [0.15, 0.2) is 138 Å². The molecule has 0 saturated heterocycles. The van der Waals surface area contributed by atoms with Crippen LogP contribution in [0.2, 0.25) is 0 Å². The lowest BCUT2D eigenvalue weighted by atomic mass is 9.94. The number of aromatic nitrogens is 2. The van der Waals surface area contributed by atoms with Crippen molar-refractivity contribution in [3.63, 3.8) is 0 Å². The summed E-state index contributed by atoms with van der Waals surface area (Å²) in [6, 6.07) is 47.5. The lowest BCUT2D eigenvalue weighted by molar-refractivity contribution is 0.584. The lowest BCUT2D eigenvalue weighted by Crippen LogP contribution is -1.85. The molecule has 0 aliphatic carbocycles. The maximum Gasteiger partial charge on any atom is 0.248 e. The highest BCUT2D eigenvalue weighted by Crippen LogP contribution is 2.44. The number of fused-ring (bicyclic) bond motifs is 3. The summed E-state index contributed by atoms with van der Waals surface area (Å²) in [4.78, 5) is 0. The van der Waals surface area contributed by atoms with Gasteiger partial charge in [0.1, 0.15) is 0 Å². The van der Waals surface area contributed by atoms with E-state index in [2.05, 4.69) is 127 Å². The highest BCUT2D eigenvalue weighted by atomic mass is 32.1. The Kier molecular flexibility index (Phi) is 6.43. The molecule has 0 saturated carbocycles. The van der Waals surface area contributed by atoms with Gasteiger partial charge in [-0.15, -0.1) is 21.5 Å². The molecule has 0 bridgehead atoms. The van der Waals surface area contributed by atoms with E-state index in [4.69, 9.17) is 4.42 Å². The second-order valence-electron chi connectivity index (χ2n) is 11.3. The Labute approximate surface area is 260 Å². The molecule has 4 heteroatoms. The van der Waals surface area contributed by atoms with Gasteiger partial charge in [-0.1, -0.05) is 96.1 Å². The first-order chi connectivity index (χ1) is 21.6. The Morgan fingerprint density at radius 1 is 0.455 bits per heavy atom. The molecule has 6 aromatic carbocycles. The fourth-order valence-corrected chi connectivity index (χ4v) is 6.96. The van der Waals surface area contributed by atoms with Crippen LogP contribution in [-0.4, -0.2) is 10.2 Å². The molecule has 0 spiro atoms. The third-order valence-electron chi connectivity index (χ3n) is 8.23. The van der Waals surface area contributed by atoms with E-state index in [1.807, 2.05) is 41.7 Å². The summed E-state index contributed by atoms with van der Waals surface area (Å²) < 4.78 is 8.60. The first-order valence-corrected chi connectivity index (χ1v) is 15.5. The molecule has 0 atom stereocenters. The van der Waals surface area contributed by atoms with Gasteiger partial charge < -0.3 is 4.42 Å². The molecule has 8 rings (SSSR count). The van der Waals surface area contributed by atoms with E-state index in [0.29, 0.717) is 11.8 Å². The van der Waals surface area contributed by atoms with Gasteiger partial charge in [-0.2, -0.15) is 0 Å². The van der Waals surface area contributed by atoms with E-state index in [-0.39, 0.29) is 0 Å². The van der Waals surface area contributed by atoms with Crippen molar-refractivity contribution in [2.24, 2.45) is 0 Å². The number of aryl methyl sites for hydroxylation is 2. The molecule has 2 heterocycles.